The van der Waals surface area contributed by atoms with Crippen molar-refractivity contribution in [2.45, 2.75) is 52.7 Å². The number of aliphatic carboxylic acids is 1. The summed E-state index contributed by atoms with van der Waals surface area (Å²) in [6.45, 7) is 10.2. The second-order valence-corrected chi connectivity index (χ2v) is 6.79. The normalized spacial score (nSPS) is 26.6. The van der Waals surface area contributed by atoms with Gasteiger partial charge in [-0.05, 0) is 33.1 Å². The first-order valence-electron chi connectivity index (χ1n) is 6.09. The molecule has 5 nitrogen and oxygen atoms in total. The lowest BCUT2D eigenvalue weighted by Crippen LogP contribution is -2.58. The second kappa shape index (κ2) is 3.95. The maximum Gasteiger partial charge on any atom is 0.307 e. The van der Waals surface area contributed by atoms with Gasteiger partial charge < -0.3 is 15.5 Å². The fourth-order valence-electron chi connectivity index (χ4n) is 2.13. The minimum Gasteiger partial charge on any atom is -0.481 e. The zero-order valence-corrected chi connectivity index (χ0v) is 11.9. The number of rotatable bonds is 4. The maximum absolute atomic E-state index is 12.1. The van der Waals surface area contributed by atoms with Gasteiger partial charge >= 0.3 is 5.97 Å². The molecule has 1 rings (SSSR count). The van der Waals surface area contributed by atoms with Crippen LogP contribution in [-0.4, -0.2) is 33.2 Å². The first-order chi connectivity index (χ1) is 7.82. The van der Waals surface area contributed by atoms with Gasteiger partial charge in [-0.15, -0.1) is 0 Å². The number of aliphatic hydroxyl groups is 1. The highest BCUT2D eigenvalue weighted by Gasteiger charge is 2.66. The van der Waals surface area contributed by atoms with Gasteiger partial charge in [0.25, 0.3) is 0 Å². The molecule has 1 aliphatic rings. The number of carbonyl (C=O) groups excluding carboxylic acids is 1. The number of carboxylic acids is 1. The van der Waals surface area contributed by atoms with Crippen LogP contribution in [0.25, 0.3) is 0 Å². The van der Waals surface area contributed by atoms with E-state index in [1.165, 1.54) is 0 Å². The van der Waals surface area contributed by atoms with Gasteiger partial charge in [0, 0.05) is 0 Å². The summed E-state index contributed by atoms with van der Waals surface area (Å²) in [6.07, 6.45) is 0. The van der Waals surface area contributed by atoms with Crippen LogP contribution >= 0.6 is 0 Å². The zero-order valence-electron chi connectivity index (χ0n) is 11.9. The van der Waals surface area contributed by atoms with Crippen LogP contribution in [0.1, 0.15) is 41.5 Å². The van der Waals surface area contributed by atoms with E-state index in [0.717, 1.165) is 0 Å². The third kappa shape index (κ3) is 2.36. The molecule has 0 aromatic heterocycles. The summed E-state index contributed by atoms with van der Waals surface area (Å²) in [5.41, 5.74) is -2.42. The van der Waals surface area contributed by atoms with Crippen molar-refractivity contribution in [1.29, 1.82) is 0 Å². The largest absolute Gasteiger partial charge is 0.481 e. The van der Waals surface area contributed by atoms with Crippen molar-refractivity contribution in [3.05, 3.63) is 0 Å². The van der Waals surface area contributed by atoms with E-state index in [1.807, 2.05) is 0 Å². The highest BCUT2D eigenvalue weighted by Crippen LogP contribution is 2.58. The fourth-order valence-corrected chi connectivity index (χ4v) is 2.13. The van der Waals surface area contributed by atoms with Crippen LogP contribution < -0.4 is 5.32 Å². The molecule has 0 radical (unpaired) electrons. The Labute approximate surface area is 108 Å². The topological polar surface area (TPSA) is 86.6 Å². The average molecular weight is 257 g/mol. The van der Waals surface area contributed by atoms with Gasteiger partial charge in [0.1, 0.15) is 0 Å². The van der Waals surface area contributed by atoms with Gasteiger partial charge in [0.05, 0.1) is 23.0 Å². The molecule has 0 spiro atoms. The molecule has 104 valence electrons. The predicted octanol–water partition coefficient (Wildman–Crippen LogP) is 1.01. The van der Waals surface area contributed by atoms with Gasteiger partial charge in [-0.3, -0.25) is 9.59 Å². The quantitative estimate of drug-likeness (QED) is 0.701. The Balaban J connectivity index is 2.78. The number of carbonyl (C=O) groups is 2. The molecule has 0 heterocycles. The molecule has 0 saturated heterocycles. The van der Waals surface area contributed by atoms with Crippen molar-refractivity contribution >= 4 is 11.9 Å². The summed E-state index contributed by atoms with van der Waals surface area (Å²) in [7, 11) is 0. The van der Waals surface area contributed by atoms with Crippen LogP contribution in [0.2, 0.25) is 0 Å². The van der Waals surface area contributed by atoms with Gasteiger partial charge in [0.15, 0.2) is 0 Å². The van der Waals surface area contributed by atoms with Crippen LogP contribution in [0.4, 0.5) is 0 Å². The number of hydrogen-bond acceptors (Lipinski definition) is 3. The monoisotopic (exact) mass is 257 g/mol. The summed E-state index contributed by atoms with van der Waals surface area (Å²) in [5, 5.41) is 21.8. The van der Waals surface area contributed by atoms with E-state index in [9.17, 15) is 14.7 Å². The highest BCUT2D eigenvalue weighted by molar-refractivity contribution is 5.92. The molecule has 2 atom stereocenters. The molecular formula is C13H23NO4. The van der Waals surface area contributed by atoms with Crippen molar-refractivity contribution < 1.29 is 19.8 Å². The average Bonchev–Trinajstić information content (AvgIpc) is 2.66. The Hall–Kier alpha value is -1.10. The Morgan fingerprint density at radius 1 is 1.11 bits per heavy atom. The van der Waals surface area contributed by atoms with Crippen LogP contribution in [0, 0.1) is 17.3 Å². The molecular weight excluding hydrogens is 234 g/mol. The van der Waals surface area contributed by atoms with Crippen molar-refractivity contribution in [2.24, 2.45) is 17.3 Å². The Morgan fingerprint density at radius 3 is 1.83 bits per heavy atom. The molecule has 0 aromatic carbocycles. The second-order valence-electron chi connectivity index (χ2n) is 6.79. The number of hydrogen-bond donors (Lipinski definition) is 3. The predicted molar refractivity (Wildman–Crippen MR) is 66.9 cm³/mol. The summed E-state index contributed by atoms with van der Waals surface area (Å²) in [4.78, 5) is 23.1. The molecule has 3 N–H and O–H groups in total. The van der Waals surface area contributed by atoms with E-state index in [4.69, 9.17) is 5.11 Å². The summed E-state index contributed by atoms with van der Waals surface area (Å²) in [6, 6.07) is 0. The lowest BCUT2D eigenvalue weighted by molar-refractivity contribution is -0.141. The number of nitrogens with one attached hydrogen (secondary N) is 1. The van der Waals surface area contributed by atoms with Crippen LogP contribution in [0.5, 0.6) is 0 Å². The van der Waals surface area contributed by atoms with E-state index >= 15 is 0 Å². The molecule has 0 bridgehead atoms. The molecule has 2 unspecified atom stereocenters. The molecule has 1 fully saturated rings. The standard InChI is InChI=1S/C13H23NO4/c1-11(2)7(8(11)10(16)17)9(15)14-12(3,4)13(5,6)18/h7-8,18H,1-6H3,(H,14,15)(H,16,17). The first kappa shape index (κ1) is 15.0. The van der Waals surface area contributed by atoms with Gasteiger partial charge in [-0.25, -0.2) is 0 Å². The van der Waals surface area contributed by atoms with E-state index in [-0.39, 0.29) is 5.91 Å². The van der Waals surface area contributed by atoms with Gasteiger partial charge in [-0.2, -0.15) is 0 Å². The van der Waals surface area contributed by atoms with E-state index in [0.29, 0.717) is 0 Å². The Bertz CT molecular complexity index is 379. The third-order valence-electron chi connectivity index (χ3n) is 4.34. The third-order valence-corrected chi connectivity index (χ3v) is 4.34. The van der Waals surface area contributed by atoms with E-state index in [2.05, 4.69) is 5.32 Å². The summed E-state index contributed by atoms with van der Waals surface area (Å²) < 4.78 is 0. The van der Waals surface area contributed by atoms with E-state index in [1.54, 1.807) is 41.5 Å². The molecule has 18 heavy (non-hydrogen) atoms. The molecule has 1 saturated carbocycles. The summed E-state index contributed by atoms with van der Waals surface area (Å²) in [5.74, 6) is -2.42. The first-order valence-corrected chi connectivity index (χ1v) is 6.09. The van der Waals surface area contributed by atoms with Crippen LogP contribution in [0.3, 0.4) is 0 Å². The minimum absolute atomic E-state index is 0.306. The summed E-state index contributed by atoms with van der Waals surface area (Å²) >= 11 is 0. The molecule has 0 aliphatic heterocycles. The minimum atomic E-state index is -1.08. The Kier molecular flexibility index (Phi) is 3.28. The zero-order chi connectivity index (χ0) is 14.5. The van der Waals surface area contributed by atoms with Crippen LogP contribution in [0.15, 0.2) is 0 Å². The van der Waals surface area contributed by atoms with Crippen molar-refractivity contribution in [3.8, 4) is 0 Å². The molecule has 1 aliphatic carbocycles. The van der Waals surface area contributed by atoms with Crippen LogP contribution in [-0.2, 0) is 9.59 Å². The lowest BCUT2D eigenvalue weighted by atomic mass is 9.85. The molecule has 1 amide bonds. The number of carboxylic acid groups (broad SMARTS) is 1. The smallest absolute Gasteiger partial charge is 0.307 e. The van der Waals surface area contributed by atoms with E-state index < -0.39 is 34.4 Å². The van der Waals surface area contributed by atoms with Crippen molar-refractivity contribution in [1.82, 2.24) is 5.32 Å². The highest BCUT2D eigenvalue weighted by atomic mass is 16.4. The van der Waals surface area contributed by atoms with Crippen molar-refractivity contribution in [3.63, 3.8) is 0 Å². The van der Waals surface area contributed by atoms with Crippen molar-refractivity contribution in [2.75, 3.05) is 0 Å². The molecule has 5 heteroatoms. The Morgan fingerprint density at radius 2 is 1.56 bits per heavy atom. The van der Waals surface area contributed by atoms with Gasteiger partial charge in [-0.1, -0.05) is 13.8 Å². The van der Waals surface area contributed by atoms with Gasteiger partial charge in [0.2, 0.25) is 5.91 Å². The molecule has 0 aromatic rings. The number of amides is 1. The fraction of sp³-hybridized carbons (Fsp3) is 0.846. The SMILES string of the molecule is CC1(C)C(C(=O)O)C1C(=O)NC(C)(C)C(C)(C)O. The maximum atomic E-state index is 12.1. The lowest BCUT2D eigenvalue weighted by Gasteiger charge is -2.38.